The van der Waals surface area contributed by atoms with Crippen LogP contribution in [0.15, 0.2) is 71.4 Å². The zero-order chi connectivity index (χ0) is 25.6. The number of halogens is 6. The van der Waals surface area contributed by atoms with Crippen LogP contribution in [0.25, 0.3) is 45.4 Å². The maximum absolute atomic E-state index is 14.7. The first kappa shape index (κ1) is 23.7. The fourth-order valence-electron chi connectivity index (χ4n) is 3.73. The molecule has 0 unspecified atom stereocenters. The third-order valence-electron chi connectivity index (χ3n) is 5.45. The maximum atomic E-state index is 14.7. The van der Waals surface area contributed by atoms with Crippen LogP contribution in [0.5, 0.6) is 0 Å². The molecule has 2 heterocycles. The highest BCUT2D eigenvalue weighted by atomic mass is 35.5. The number of imidazole rings is 1. The van der Waals surface area contributed by atoms with Gasteiger partial charge in [-0.05, 0) is 24.3 Å². The molecule has 11 heteroatoms. The van der Waals surface area contributed by atoms with Crippen LogP contribution < -0.4 is 0 Å². The topological polar surface area (TPSA) is 56.7 Å². The van der Waals surface area contributed by atoms with E-state index < -0.39 is 23.5 Å². The zero-order valence-electron chi connectivity index (χ0n) is 18.3. The van der Waals surface area contributed by atoms with Crippen LogP contribution in [0.4, 0.5) is 22.0 Å². The van der Waals surface area contributed by atoms with Crippen LogP contribution in [0, 0.1) is 11.6 Å². The van der Waals surface area contributed by atoms with E-state index in [0.717, 1.165) is 12.3 Å². The number of nitrogens with zero attached hydrogens (tertiary/aromatic N) is 4. The Morgan fingerprint density at radius 2 is 1.58 bits per heavy atom. The van der Waals surface area contributed by atoms with Crippen molar-refractivity contribution < 1.29 is 26.5 Å². The van der Waals surface area contributed by atoms with Gasteiger partial charge in [-0.2, -0.15) is 18.2 Å². The highest BCUT2D eigenvalue weighted by Gasteiger charge is 2.34. The number of aryl methyl sites for hydroxylation is 1. The van der Waals surface area contributed by atoms with E-state index in [0.29, 0.717) is 16.7 Å². The van der Waals surface area contributed by atoms with Crippen molar-refractivity contribution in [1.82, 2.24) is 19.7 Å². The lowest BCUT2D eigenvalue weighted by molar-refractivity contribution is -0.140. The van der Waals surface area contributed by atoms with Crippen LogP contribution in [0.3, 0.4) is 0 Å². The summed E-state index contributed by atoms with van der Waals surface area (Å²) in [5.41, 5.74) is 0.512. The number of alkyl halides is 3. The van der Waals surface area contributed by atoms with Gasteiger partial charge in [0.1, 0.15) is 17.5 Å². The third-order valence-corrected chi connectivity index (χ3v) is 5.74. The van der Waals surface area contributed by atoms with E-state index in [4.69, 9.17) is 16.1 Å². The lowest BCUT2D eigenvalue weighted by Crippen LogP contribution is -2.04. The van der Waals surface area contributed by atoms with Crippen LogP contribution >= 0.6 is 11.6 Å². The monoisotopic (exact) mass is 516 g/mol. The normalized spacial score (nSPS) is 11.8. The molecule has 5 rings (SSSR count). The Morgan fingerprint density at radius 1 is 0.861 bits per heavy atom. The molecule has 0 aliphatic carbocycles. The smallest absolute Gasteiger partial charge is 0.334 e. The minimum absolute atomic E-state index is 0.0161. The fourth-order valence-corrected chi connectivity index (χ4v) is 3.90. The van der Waals surface area contributed by atoms with Gasteiger partial charge >= 0.3 is 6.18 Å². The molecule has 0 aliphatic rings. The average Bonchev–Trinajstić information content (AvgIpc) is 3.48. The molecule has 0 spiro atoms. The summed E-state index contributed by atoms with van der Waals surface area (Å²) in [6.45, 7) is 0. The second kappa shape index (κ2) is 8.87. The third kappa shape index (κ3) is 4.35. The summed E-state index contributed by atoms with van der Waals surface area (Å²) >= 11 is 5.89. The number of rotatable bonds is 4. The number of benzene rings is 3. The molecule has 0 bridgehead atoms. The van der Waals surface area contributed by atoms with Crippen molar-refractivity contribution in [2.45, 2.75) is 6.18 Å². The van der Waals surface area contributed by atoms with Gasteiger partial charge in [-0.1, -0.05) is 53.2 Å². The SMILES string of the molecule is Cn1cc(C(F)(F)F)nc1-c1ccc(-c2noc(-c3ccc(F)cc3-c3cccc(Cl)c3F)n2)cc1. The van der Waals surface area contributed by atoms with Gasteiger partial charge in [-0.15, -0.1) is 0 Å². The Labute approximate surface area is 205 Å². The molecule has 0 fully saturated rings. The van der Waals surface area contributed by atoms with E-state index in [9.17, 15) is 22.0 Å². The van der Waals surface area contributed by atoms with Gasteiger partial charge in [0.05, 0.1) is 5.02 Å². The largest absolute Gasteiger partial charge is 0.434 e. The Hall–Kier alpha value is -4.05. The molecule has 3 aromatic carbocycles. The van der Waals surface area contributed by atoms with Gasteiger partial charge in [0.15, 0.2) is 5.69 Å². The molecule has 5 aromatic rings. The summed E-state index contributed by atoms with van der Waals surface area (Å²) in [7, 11) is 1.47. The average molecular weight is 517 g/mol. The van der Waals surface area contributed by atoms with Crippen LogP contribution in [-0.4, -0.2) is 19.7 Å². The Balaban J connectivity index is 1.49. The fraction of sp³-hybridized carbons (Fsp3) is 0.0800. The van der Waals surface area contributed by atoms with Crippen molar-refractivity contribution in [1.29, 1.82) is 0 Å². The van der Waals surface area contributed by atoms with Gasteiger partial charge in [-0.25, -0.2) is 13.8 Å². The van der Waals surface area contributed by atoms with Gasteiger partial charge in [0.25, 0.3) is 5.89 Å². The molecule has 36 heavy (non-hydrogen) atoms. The lowest BCUT2D eigenvalue weighted by Gasteiger charge is -2.09. The Kier molecular flexibility index (Phi) is 5.83. The second-order valence-electron chi connectivity index (χ2n) is 7.85. The highest BCUT2D eigenvalue weighted by molar-refractivity contribution is 6.31. The molecule has 5 nitrogen and oxygen atoms in total. The number of hydrogen-bond donors (Lipinski definition) is 0. The Morgan fingerprint density at radius 3 is 2.28 bits per heavy atom. The predicted octanol–water partition coefficient (Wildman–Crippen LogP) is 7.42. The molecular formula is C25H14ClF5N4O. The van der Waals surface area contributed by atoms with Crippen molar-refractivity contribution in [3.63, 3.8) is 0 Å². The molecular weight excluding hydrogens is 503 g/mol. The molecule has 0 saturated carbocycles. The quantitative estimate of drug-likeness (QED) is 0.233. The summed E-state index contributed by atoms with van der Waals surface area (Å²) < 4.78 is 74.3. The Bertz CT molecular complexity index is 1570. The van der Waals surface area contributed by atoms with E-state index >= 15 is 0 Å². The van der Waals surface area contributed by atoms with Gasteiger partial charge in [-0.3, -0.25) is 0 Å². The standard InChI is InChI=1S/C25H14ClF5N4O/c1-35-12-20(25(29,30)31)32-23(35)14-7-5-13(6-8-14)22-33-24(36-34-22)17-10-9-15(27)11-18(17)16-3-2-4-19(26)21(16)28/h2-12H,1H3. The number of hydrogen-bond acceptors (Lipinski definition) is 4. The van der Waals surface area contributed by atoms with E-state index in [2.05, 4.69) is 15.1 Å². The molecule has 0 N–H and O–H groups in total. The van der Waals surface area contributed by atoms with E-state index in [1.807, 2.05) is 0 Å². The van der Waals surface area contributed by atoms with Gasteiger partial charge < -0.3 is 9.09 Å². The molecule has 0 amide bonds. The van der Waals surface area contributed by atoms with Crippen LogP contribution in [-0.2, 0) is 13.2 Å². The van der Waals surface area contributed by atoms with Crippen molar-refractivity contribution in [2.24, 2.45) is 7.05 Å². The van der Waals surface area contributed by atoms with Crippen molar-refractivity contribution >= 4 is 11.6 Å². The molecule has 0 radical (unpaired) electrons. The van der Waals surface area contributed by atoms with Crippen LogP contribution in [0.2, 0.25) is 5.02 Å². The second-order valence-corrected chi connectivity index (χ2v) is 8.26. The molecule has 182 valence electrons. The van der Waals surface area contributed by atoms with Crippen LogP contribution in [0.1, 0.15) is 5.69 Å². The van der Waals surface area contributed by atoms with Crippen molar-refractivity contribution in [3.8, 4) is 45.4 Å². The molecule has 0 aliphatic heterocycles. The minimum atomic E-state index is -4.55. The highest BCUT2D eigenvalue weighted by Crippen LogP contribution is 2.36. The van der Waals surface area contributed by atoms with E-state index in [1.54, 1.807) is 24.3 Å². The first-order valence-corrected chi connectivity index (χ1v) is 10.8. The summed E-state index contributed by atoms with van der Waals surface area (Å²) in [5.74, 6) is -0.977. The van der Waals surface area contributed by atoms with E-state index in [-0.39, 0.29) is 33.7 Å². The van der Waals surface area contributed by atoms with Crippen molar-refractivity contribution in [2.75, 3.05) is 0 Å². The lowest BCUT2D eigenvalue weighted by atomic mass is 9.99. The minimum Gasteiger partial charge on any atom is -0.334 e. The first-order valence-electron chi connectivity index (χ1n) is 10.4. The summed E-state index contributed by atoms with van der Waals surface area (Å²) in [5, 5.41) is 3.83. The summed E-state index contributed by atoms with van der Waals surface area (Å²) in [6, 6.07) is 14.5. The molecule has 0 saturated heterocycles. The maximum Gasteiger partial charge on any atom is 0.434 e. The number of aromatic nitrogens is 4. The first-order chi connectivity index (χ1) is 17.1. The zero-order valence-corrected chi connectivity index (χ0v) is 19.1. The summed E-state index contributed by atoms with van der Waals surface area (Å²) in [6.07, 6.45) is -3.64. The summed E-state index contributed by atoms with van der Waals surface area (Å²) in [4.78, 5) is 8.02. The predicted molar refractivity (Wildman–Crippen MR) is 123 cm³/mol. The van der Waals surface area contributed by atoms with Gasteiger partial charge in [0.2, 0.25) is 5.82 Å². The molecule has 0 atom stereocenters. The molecule has 2 aromatic heterocycles. The van der Waals surface area contributed by atoms with Crippen molar-refractivity contribution in [3.05, 3.63) is 89.2 Å². The van der Waals surface area contributed by atoms with Gasteiger partial charge in [0, 0.05) is 41.1 Å². The van der Waals surface area contributed by atoms with E-state index in [1.165, 1.54) is 41.9 Å².